The third-order valence-corrected chi connectivity index (χ3v) is 4.15. The highest BCUT2D eigenvalue weighted by molar-refractivity contribution is 7.99. The molecule has 0 radical (unpaired) electrons. The van der Waals surface area contributed by atoms with Gasteiger partial charge in [-0.1, -0.05) is 0 Å². The molecule has 0 aliphatic carbocycles. The second kappa shape index (κ2) is 6.22. The van der Waals surface area contributed by atoms with Crippen molar-refractivity contribution in [2.45, 2.75) is 19.0 Å². The van der Waals surface area contributed by atoms with E-state index in [0.29, 0.717) is 19.0 Å². The molecular weight excluding hydrogens is 242 g/mol. The van der Waals surface area contributed by atoms with E-state index >= 15 is 0 Å². The summed E-state index contributed by atoms with van der Waals surface area (Å²) >= 11 is 3.46. The molecule has 6 heteroatoms. The normalized spacial score (nSPS) is 20.6. The third-order valence-electron chi connectivity index (χ3n) is 2.38. The van der Waals surface area contributed by atoms with Crippen LogP contribution in [0.4, 0.5) is 0 Å². The van der Waals surface area contributed by atoms with Crippen LogP contribution in [0.5, 0.6) is 0 Å². The van der Waals surface area contributed by atoms with Gasteiger partial charge in [0.15, 0.2) is 0 Å². The number of thiazole rings is 1. The topological polar surface area (TPSA) is 54.0 Å². The highest BCUT2D eigenvalue weighted by Crippen LogP contribution is 2.10. The molecule has 1 aromatic heterocycles. The van der Waals surface area contributed by atoms with E-state index in [2.05, 4.69) is 15.6 Å². The predicted octanol–water partition coefficient (Wildman–Crippen LogP) is 0.854. The number of carbonyl (C=O) groups is 1. The van der Waals surface area contributed by atoms with Crippen LogP contribution in [-0.4, -0.2) is 35.0 Å². The molecular formula is C10H15N3OS2. The Labute approximate surface area is 103 Å². The zero-order chi connectivity index (χ0) is 11.2. The first-order valence-corrected chi connectivity index (χ1v) is 7.39. The molecule has 0 spiro atoms. The Balaban J connectivity index is 1.67. The molecule has 2 heterocycles. The first-order valence-electron chi connectivity index (χ1n) is 5.29. The van der Waals surface area contributed by atoms with Crippen molar-refractivity contribution in [1.82, 2.24) is 15.6 Å². The molecule has 1 unspecified atom stereocenters. The molecule has 1 fully saturated rings. The molecule has 1 atom stereocenters. The molecule has 2 N–H and O–H groups in total. The number of thioether (sulfide) groups is 1. The summed E-state index contributed by atoms with van der Waals surface area (Å²) < 4.78 is 0. The molecule has 4 nitrogen and oxygen atoms in total. The van der Waals surface area contributed by atoms with E-state index < -0.39 is 0 Å². The van der Waals surface area contributed by atoms with Crippen molar-refractivity contribution in [3.63, 3.8) is 0 Å². The summed E-state index contributed by atoms with van der Waals surface area (Å²) in [5.74, 6) is 2.29. The first kappa shape index (κ1) is 11.9. The van der Waals surface area contributed by atoms with Gasteiger partial charge in [-0.2, -0.15) is 11.8 Å². The second-order valence-corrected chi connectivity index (χ2v) is 5.56. The molecule has 1 aliphatic rings. The maximum absolute atomic E-state index is 11.6. The molecule has 16 heavy (non-hydrogen) atoms. The lowest BCUT2D eigenvalue weighted by Crippen LogP contribution is -2.41. The van der Waals surface area contributed by atoms with E-state index in [1.807, 2.05) is 17.1 Å². The number of rotatable bonds is 4. The Hall–Kier alpha value is -0.590. The summed E-state index contributed by atoms with van der Waals surface area (Å²) in [5, 5.41) is 8.19. The number of hydrogen-bond acceptors (Lipinski definition) is 5. The van der Waals surface area contributed by atoms with Crippen molar-refractivity contribution >= 4 is 29.0 Å². The standard InChI is InChI=1S/C10H15N3OS2/c14-10(3-8-5-15-2-1-11-8)12-4-9-6-16-7-13-9/h6-8,11H,1-5H2,(H,12,14). The minimum absolute atomic E-state index is 0.105. The first-order chi connectivity index (χ1) is 7.84. The second-order valence-electron chi connectivity index (χ2n) is 3.69. The van der Waals surface area contributed by atoms with Gasteiger partial charge in [0, 0.05) is 35.9 Å². The average molecular weight is 257 g/mol. The number of nitrogens with one attached hydrogen (secondary N) is 2. The quantitative estimate of drug-likeness (QED) is 0.840. The minimum Gasteiger partial charge on any atom is -0.350 e. The fourth-order valence-electron chi connectivity index (χ4n) is 1.56. The van der Waals surface area contributed by atoms with Crippen LogP contribution in [0.2, 0.25) is 0 Å². The maximum atomic E-state index is 11.6. The van der Waals surface area contributed by atoms with E-state index in [0.717, 1.165) is 23.7 Å². The van der Waals surface area contributed by atoms with Gasteiger partial charge in [0.05, 0.1) is 17.7 Å². The molecule has 0 bridgehead atoms. The Morgan fingerprint density at radius 3 is 3.31 bits per heavy atom. The van der Waals surface area contributed by atoms with Gasteiger partial charge in [0.2, 0.25) is 5.91 Å². The number of nitrogens with zero attached hydrogens (tertiary/aromatic N) is 1. The highest BCUT2D eigenvalue weighted by atomic mass is 32.2. The SMILES string of the molecule is O=C(CC1CSCCN1)NCc1cscn1. The van der Waals surface area contributed by atoms with Crippen LogP contribution in [0.15, 0.2) is 10.9 Å². The number of carbonyl (C=O) groups excluding carboxylic acids is 1. The van der Waals surface area contributed by atoms with Crippen LogP contribution in [-0.2, 0) is 11.3 Å². The van der Waals surface area contributed by atoms with Gasteiger partial charge in [-0.25, -0.2) is 4.98 Å². The van der Waals surface area contributed by atoms with Gasteiger partial charge >= 0.3 is 0 Å². The smallest absolute Gasteiger partial charge is 0.221 e. The van der Waals surface area contributed by atoms with Crippen LogP contribution in [0.3, 0.4) is 0 Å². The fourth-order valence-corrected chi connectivity index (χ4v) is 3.07. The van der Waals surface area contributed by atoms with Crippen molar-refractivity contribution in [1.29, 1.82) is 0 Å². The molecule has 0 aromatic carbocycles. The van der Waals surface area contributed by atoms with E-state index in [1.165, 1.54) is 0 Å². The maximum Gasteiger partial charge on any atom is 0.221 e. The molecule has 0 saturated carbocycles. The summed E-state index contributed by atoms with van der Waals surface area (Å²) in [4.78, 5) is 15.7. The summed E-state index contributed by atoms with van der Waals surface area (Å²) in [6, 6.07) is 0.328. The van der Waals surface area contributed by atoms with Crippen molar-refractivity contribution < 1.29 is 4.79 Å². The molecule has 88 valence electrons. The zero-order valence-corrected chi connectivity index (χ0v) is 10.6. The van der Waals surface area contributed by atoms with Crippen LogP contribution in [0.1, 0.15) is 12.1 Å². The highest BCUT2D eigenvalue weighted by Gasteiger charge is 2.16. The average Bonchev–Trinajstić information content (AvgIpc) is 2.81. The lowest BCUT2D eigenvalue weighted by Gasteiger charge is -2.22. The molecule has 1 aromatic rings. The minimum atomic E-state index is 0.105. The van der Waals surface area contributed by atoms with Gasteiger partial charge < -0.3 is 10.6 Å². The van der Waals surface area contributed by atoms with Crippen molar-refractivity contribution in [2.75, 3.05) is 18.1 Å². The predicted molar refractivity (Wildman–Crippen MR) is 67.7 cm³/mol. The van der Waals surface area contributed by atoms with Gasteiger partial charge in [0.1, 0.15) is 0 Å². The zero-order valence-electron chi connectivity index (χ0n) is 8.94. The molecule has 1 amide bonds. The van der Waals surface area contributed by atoms with E-state index in [1.54, 1.807) is 16.8 Å². The lowest BCUT2D eigenvalue weighted by molar-refractivity contribution is -0.121. The van der Waals surface area contributed by atoms with Crippen molar-refractivity contribution in [2.24, 2.45) is 0 Å². The molecule has 2 rings (SSSR count). The van der Waals surface area contributed by atoms with Crippen LogP contribution >= 0.6 is 23.1 Å². The van der Waals surface area contributed by atoms with Crippen LogP contribution < -0.4 is 10.6 Å². The Bertz CT molecular complexity index is 323. The van der Waals surface area contributed by atoms with Gasteiger partial charge in [-0.15, -0.1) is 11.3 Å². The van der Waals surface area contributed by atoms with Crippen molar-refractivity contribution in [3.8, 4) is 0 Å². The molecule has 1 aliphatic heterocycles. The van der Waals surface area contributed by atoms with Crippen LogP contribution in [0, 0.1) is 0 Å². The third kappa shape index (κ3) is 3.77. The Morgan fingerprint density at radius 1 is 1.69 bits per heavy atom. The van der Waals surface area contributed by atoms with Gasteiger partial charge in [-0.3, -0.25) is 4.79 Å². The van der Waals surface area contributed by atoms with E-state index in [-0.39, 0.29) is 5.91 Å². The monoisotopic (exact) mass is 257 g/mol. The summed E-state index contributed by atoms with van der Waals surface area (Å²) in [5.41, 5.74) is 2.71. The van der Waals surface area contributed by atoms with Crippen LogP contribution in [0.25, 0.3) is 0 Å². The number of amides is 1. The van der Waals surface area contributed by atoms with Gasteiger partial charge in [-0.05, 0) is 0 Å². The van der Waals surface area contributed by atoms with Crippen molar-refractivity contribution in [3.05, 3.63) is 16.6 Å². The summed E-state index contributed by atoms with van der Waals surface area (Å²) in [6.45, 7) is 1.55. The number of hydrogen-bond donors (Lipinski definition) is 2. The fraction of sp³-hybridized carbons (Fsp3) is 0.600. The van der Waals surface area contributed by atoms with E-state index in [4.69, 9.17) is 0 Å². The Kier molecular flexibility index (Phi) is 4.62. The lowest BCUT2D eigenvalue weighted by atomic mass is 10.2. The van der Waals surface area contributed by atoms with Gasteiger partial charge in [0.25, 0.3) is 0 Å². The summed E-state index contributed by atoms with van der Waals surface area (Å²) in [7, 11) is 0. The Morgan fingerprint density at radius 2 is 2.62 bits per heavy atom. The van der Waals surface area contributed by atoms with E-state index in [9.17, 15) is 4.79 Å². The largest absolute Gasteiger partial charge is 0.350 e. The summed E-state index contributed by atoms with van der Waals surface area (Å²) in [6.07, 6.45) is 0.567. The number of aromatic nitrogens is 1. The molecule has 1 saturated heterocycles.